The Bertz CT molecular complexity index is 837. The summed E-state index contributed by atoms with van der Waals surface area (Å²) >= 11 is 0. The normalized spacial score (nSPS) is 11.3. The lowest BCUT2D eigenvalue weighted by Crippen LogP contribution is -2.23. The van der Waals surface area contributed by atoms with Crippen LogP contribution in [0.2, 0.25) is 0 Å². The number of hydrogen-bond acceptors (Lipinski definition) is 4. The second-order valence-corrected chi connectivity index (χ2v) is 7.26. The molecule has 0 fully saturated rings. The van der Waals surface area contributed by atoms with E-state index < -0.39 is 21.7 Å². The third-order valence-corrected chi connectivity index (χ3v) is 4.87. The van der Waals surface area contributed by atoms with Gasteiger partial charge in [-0.15, -0.1) is 0 Å². The molecule has 0 saturated heterocycles. The molecule has 128 valence electrons. The van der Waals surface area contributed by atoms with Crippen molar-refractivity contribution in [3.8, 4) is 5.75 Å². The fourth-order valence-electron chi connectivity index (χ4n) is 1.85. The van der Waals surface area contributed by atoms with E-state index in [1.807, 2.05) is 0 Å². The largest absolute Gasteiger partial charge is 0.484 e. The van der Waals surface area contributed by atoms with E-state index in [0.29, 0.717) is 5.69 Å². The lowest BCUT2D eigenvalue weighted by Gasteiger charge is -2.13. The Labute approximate surface area is 139 Å². The average Bonchev–Trinajstić information content (AvgIpc) is 2.53. The van der Waals surface area contributed by atoms with Crippen LogP contribution in [0.4, 0.5) is 10.1 Å². The van der Waals surface area contributed by atoms with Crippen molar-refractivity contribution < 1.29 is 22.3 Å². The Balaban J connectivity index is 2.02. The van der Waals surface area contributed by atoms with Gasteiger partial charge in [-0.05, 0) is 30.3 Å². The standard InChI is InChI=1S/C16H17FN2O4S/c1-19(2)24(21,22)15-8-4-6-13(10-15)18-16(20)11-23-14-7-3-5-12(17)9-14/h3-10H,11H2,1-2H3,(H,18,20). The molecule has 0 heterocycles. The van der Waals surface area contributed by atoms with Gasteiger partial charge < -0.3 is 10.1 Å². The van der Waals surface area contributed by atoms with Crippen LogP contribution >= 0.6 is 0 Å². The number of carbonyl (C=O) groups excluding carboxylic acids is 1. The summed E-state index contributed by atoms with van der Waals surface area (Å²) in [6.07, 6.45) is 0. The van der Waals surface area contributed by atoms with E-state index in [1.54, 1.807) is 6.07 Å². The number of ether oxygens (including phenoxy) is 1. The Kier molecular flexibility index (Phi) is 5.53. The highest BCUT2D eigenvalue weighted by atomic mass is 32.2. The summed E-state index contributed by atoms with van der Waals surface area (Å²) in [7, 11) is -0.738. The van der Waals surface area contributed by atoms with E-state index in [4.69, 9.17) is 4.74 Å². The average molecular weight is 352 g/mol. The maximum Gasteiger partial charge on any atom is 0.262 e. The van der Waals surface area contributed by atoms with E-state index in [-0.39, 0.29) is 17.3 Å². The van der Waals surface area contributed by atoms with Crippen LogP contribution in [0.5, 0.6) is 5.75 Å². The molecular weight excluding hydrogens is 335 g/mol. The summed E-state index contributed by atoms with van der Waals surface area (Å²) in [6.45, 7) is -0.325. The minimum atomic E-state index is -3.59. The molecule has 8 heteroatoms. The summed E-state index contributed by atoms with van der Waals surface area (Å²) < 4.78 is 43.4. The van der Waals surface area contributed by atoms with Crippen LogP contribution in [0.3, 0.4) is 0 Å². The molecule has 24 heavy (non-hydrogen) atoms. The van der Waals surface area contributed by atoms with Crippen molar-refractivity contribution in [1.82, 2.24) is 4.31 Å². The summed E-state index contributed by atoms with van der Waals surface area (Å²) in [6, 6.07) is 11.3. The first-order valence-electron chi connectivity index (χ1n) is 7.00. The number of benzene rings is 2. The molecule has 0 aromatic heterocycles. The van der Waals surface area contributed by atoms with Gasteiger partial charge in [-0.3, -0.25) is 4.79 Å². The Hall–Kier alpha value is -2.45. The third kappa shape index (κ3) is 4.53. The van der Waals surface area contributed by atoms with E-state index >= 15 is 0 Å². The maximum absolute atomic E-state index is 13.0. The molecule has 2 rings (SSSR count). The van der Waals surface area contributed by atoms with E-state index in [1.165, 1.54) is 50.5 Å². The molecule has 0 unspecified atom stereocenters. The minimum Gasteiger partial charge on any atom is -0.484 e. The maximum atomic E-state index is 13.0. The molecule has 0 bridgehead atoms. The second kappa shape index (κ2) is 7.41. The molecule has 0 aliphatic carbocycles. The van der Waals surface area contributed by atoms with Gasteiger partial charge in [0.25, 0.3) is 5.91 Å². The van der Waals surface area contributed by atoms with Crippen LogP contribution in [0.1, 0.15) is 0 Å². The Morgan fingerprint density at radius 2 is 1.88 bits per heavy atom. The zero-order valence-electron chi connectivity index (χ0n) is 13.2. The highest BCUT2D eigenvalue weighted by Gasteiger charge is 2.17. The van der Waals surface area contributed by atoms with Crippen LogP contribution in [0.25, 0.3) is 0 Å². The van der Waals surface area contributed by atoms with Crippen molar-refractivity contribution in [2.45, 2.75) is 4.90 Å². The van der Waals surface area contributed by atoms with E-state index in [0.717, 1.165) is 10.4 Å². The van der Waals surface area contributed by atoms with Gasteiger partial charge in [0.1, 0.15) is 11.6 Å². The lowest BCUT2D eigenvalue weighted by atomic mass is 10.3. The monoisotopic (exact) mass is 352 g/mol. The molecular formula is C16H17FN2O4S. The van der Waals surface area contributed by atoms with Crippen molar-refractivity contribution in [2.75, 3.05) is 26.0 Å². The van der Waals surface area contributed by atoms with Crippen molar-refractivity contribution in [2.24, 2.45) is 0 Å². The van der Waals surface area contributed by atoms with Gasteiger partial charge in [0.15, 0.2) is 6.61 Å². The third-order valence-electron chi connectivity index (χ3n) is 3.06. The van der Waals surface area contributed by atoms with Crippen LogP contribution in [0, 0.1) is 5.82 Å². The number of rotatable bonds is 6. The number of halogens is 1. The summed E-state index contributed by atoms with van der Waals surface area (Å²) in [5, 5.41) is 2.54. The minimum absolute atomic E-state index is 0.0661. The van der Waals surface area contributed by atoms with E-state index in [2.05, 4.69) is 5.32 Å². The summed E-state index contributed by atoms with van der Waals surface area (Å²) in [5.41, 5.74) is 0.325. The molecule has 0 aliphatic rings. The zero-order chi connectivity index (χ0) is 17.7. The molecule has 0 saturated carbocycles. The van der Waals surface area contributed by atoms with Gasteiger partial charge in [-0.25, -0.2) is 17.1 Å². The van der Waals surface area contributed by atoms with E-state index in [9.17, 15) is 17.6 Å². The topological polar surface area (TPSA) is 75.7 Å². The first-order chi connectivity index (χ1) is 11.3. The van der Waals surface area contributed by atoms with Crippen LogP contribution in [0.15, 0.2) is 53.4 Å². The first kappa shape index (κ1) is 17.9. The highest BCUT2D eigenvalue weighted by molar-refractivity contribution is 7.89. The molecule has 0 atom stereocenters. The quantitative estimate of drug-likeness (QED) is 0.864. The van der Waals surface area contributed by atoms with Crippen molar-refractivity contribution in [3.05, 3.63) is 54.3 Å². The van der Waals surface area contributed by atoms with Crippen LogP contribution in [-0.4, -0.2) is 39.3 Å². The smallest absolute Gasteiger partial charge is 0.262 e. The Morgan fingerprint density at radius 1 is 1.17 bits per heavy atom. The van der Waals surface area contributed by atoms with Crippen LogP contribution < -0.4 is 10.1 Å². The number of anilines is 1. The molecule has 0 radical (unpaired) electrons. The lowest BCUT2D eigenvalue weighted by molar-refractivity contribution is -0.118. The first-order valence-corrected chi connectivity index (χ1v) is 8.44. The van der Waals surface area contributed by atoms with Gasteiger partial charge in [0.2, 0.25) is 10.0 Å². The van der Waals surface area contributed by atoms with Gasteiger partial charge >= 0.3 is 0 Å². The molecule has 1 amide bonds. The molecule has 0 spiro atoms. The van der Waals surface area contributed by atoms with Crippen LogP contribution in [-0.2, 0) is 14.8 Å². The van der Waals surface area contributed by atoms with Gasteiger partial charge in [0, 0.05) is 25.8 Å². The Morgan fingerprint density at radius 3 is 2.54 bits per heavy atom. The second-order valence-electron chi connectivity index (χ2n) is 5.11. The predicted molar refractivity (Wildman–Crippen MR) is 87.8 cm³/mol. The van der Waals surface area contributed by atoms with Crippen molar-refractivity contribution >= 4 is 21.6 Å². The molecule has 2 aromatic rings. The number of hydrogen-bond donors (Lipinski definition) is 1. The molecule has 6 nitrogen and oxygen atoms in total. The number of carbonyl (C=O) groups is 1. The number of sulfonamides is 1. The predicted octanol–water partition coefficient (Wildman–Crippen LogP) is 2.09. The van der Waals surface area contributed by atoms with Gasteiger partial charge in [-0.2, -0.15) is 0 Å². The van der Waals surface area contributed by atoms with Gasteiger partial charge in [-0.1, -0.05) is 12.1 Å². The zero-order valence-corrected chi connectivity index (χ0v) is 14.0. The molecule has 1 N–H and O–H groups in total. The van der Waals surface area contributed by atoms with Crippen molar-refractivity contribution in [3.63, 3.8) is 0 Å². The fraction of sp³-hybridized carbons (Fsp3) is 0.188. The number of amides is 1. The highest BCUT2D eigenvalue weighted by Crippen LogP contribution is 2.18. The SMILES string of the molecule is CN(C)S(=O)(=O)c1cccc(NC(=O)COc2cccc(F)c2)c1. The molecule has 0 aliphatic heterocycles. The van der Waals surface area contributed by atoms with Gasteiger partial charge in [0.05, 0.1) is 4.90 Å². The summed E-state index contributed by atoms with van der Waals surface area (Å²) in [4.78, 5) is 11.9. The number of nitrogens with zero attached hydrogens (tertiary/aromatic N) is 1. The summed E-state index contributed by atoms with van der Waals surface area (Å²) in [5.74, 6) is -0.720. The van der Waals surface area contributed by atoms with Crippen molar-refractivity contribution in [1.29, 1.82) is 0 Å². The fourth-order valence-corrected chi connectivity index (χ4v) is 2.80. The number of nitrogens with one attached hydrogen (secondary N) is 1. The molecule has 2 aromatic carbocycles.